The minimum atomic E-state index is -4.68. The fourth-order valence-corrected chi connectivity index (χ4v) is 4.74. The van der Waals surface area contributed by atoms with E-state index in [-0.39, 0.29) is 5.56 Å². The van der Waals surface area contributed by atoms with Crippen molar-refractivity contribution < 1.29 is 13.2 Å². The highest BCUT2D eigenvalue weighted by atomic mass is 19.4. The molecule has 0 radical (unpaired) electrons. The Kier molecular flexibility index (Phi) is 5.70. The molecule has 0 amide bonds. The van der Waals surface area contributed by atoms with Crippen molar-refractivity contribution >= 4 is 5.71 Å². The SMILES string of the molecule is CCCN1CC=C2C(C#N)C(=N)C(C#N)(C#N)[C@H](c3ccccc3C(F)(F)F)[C@H]2C1. The van der Waals surface area contributed by atoms with E-state index in [0.29, 0.717) is 25.2 Å². The maximum Gasteiger partial charge on any atom is 0.416 e. The van der Waals surface area contributed by atoms with E-state index in [1.165, 1.54) is 18.2 Å². The molecule has 0 aromatic heterocycles. The van der Waals surface area contributed by atoms with E-state index in [4.69, 9.17) is 5.41 Å². The number of fused-ring (bicyclic) bond motifs is 1. The number of alkyl halides is 3. The highest BCUT2D eigenvalue weighted by molar-refractivity contribution is 6.00. The number of nitrogens with one attached hydrogen (secondary N) is 1. The first-order valence-corrected chi connectivity index (χ1v) is 9.64. The van der Waals surface area contributed by atoms with Gasteiger partial charge in [0.2, 0.25) is 0 Å². The Labute approximate surface area is 173 Å². The number of rotatable bonds is 3. The first-order chi connectivity index (χ1) is 14.2. The third-order valence-electron chi connectivity index (χ3n) is 6.01. The monoisotopic (exact) mass is 411 g/mol. The number of hydrogen-bond acceptors (Lipinski definition) is 5. The smallest absolute Gasteiger partial charge is 0.305 e. The summed E-state index contributed by atoms with van der Waals surface area (Å²) < 4.78 is 41.5. The van der Waals surface area contributed by atoms with E-state index in [1.54, 1.807) is 6.08 Å². The van der Waals surface area contributed by atoms with E-state index in [9.17, 15) is 29.0 Å². The fraction of sp³-hybridized carbons (Fsp3) is 0.455. The van der Waals surface area contributed by atoms with Crippen LogP contribution in [0, 0.1) is 56.7 Å². The number of nitriles is 3. The predicted octanol–water partition coefficient (Wildman–Crippen LogP) is 4.26. The summed E-state index contributed by atoms with van der Waals surface area (Å²) in [6.45, 7) is 3.53. The molecule has 154 valence electrons. The maximum absolute atomic E-state index is 13.8. The quantitative estimate of drug-likeness (QED) is 0.751. The van der Waals surface area contributed by atoms with Gasteiger partial charge in [0.25, 0.3) is 0 Å². The number of hydrogen-bond donors (Lipinski definition) is 1. The molecular formula is C22H20F3N5. The van der Waals surface area contributed by atoms with E-state index < -0.39 is 40.6 Å². The molecule has 1 heterocycles. The van der Waals surface area contributed by atoms with Gasteiger partial charge in [-0.2, -0.15) is 29.0 Å². The zero-order valence-corrected chi connectivity index (χ0v) is 16.4. The zero-order chi connectivity index (χ0) is 22.1. The van der Waals surface area contributed by atoms with E-state index in [2.05, 4.69) is 0 Å². The first kappa shape index (κ1) is 21.6. The van der Waals surface area contributed by atoms with Crippen molar-refractivity contribution in [1.82, 2.24) is 4.90 Å². The summed E-state index contributed by atoms with van der Waals surface area (Å²) in [6, 6.07) is 10.6. The van der Waals surface area contributed by atoms with Crippen LogP contribution in [0.25, 0.3) is 0 Å². The summed E-state index contributed by atoms with van der Waals surface area (Å²) >= 11 is 0. The molecule has 3 atom stereocenters. The molecule has 1 aliphatic carbocycles. The minimum absolute atomic E-state index is 0.177. The average molecular weight is 411 g/mol. The van der Waals surface area contributed by atoms with Crippen LogP contribution in [-0.2, 0) is 6.18 Å². The third kappa shape index (κ3) is 3.26. The predicted molar refractivity (Wildman–Crippen MR) is 103 cm³/mol. The van der Waals surface area contributed by atoms with Crippen LogP contribution in [0.3, 0.4) is 0 Å². The van der Waals surface area contributed by atoms with Crippen molar-refractivity contribution in [3.05, 3.63) is 47.0 Å². The second-order valence-corrected chi connectivity index (χ2v) is 7.64. The molecular weight excluding hydrogens is 391 g/mol. The molecule has 5 nitrogen and oxygen atoms in total. The molecule has 1 aromatic rings. The molecule has 0 spiro atoms. The lowest BCUT2D eigenvalue weighted by molar-refractivity contribution is -0.138. The van der Waals surface area contributed by atoms with Gasteiger partial charge in [-0.25, -0.2) is 0 Å². The van der Waals surface area contributed by atoms with E-state index >= 15 is 0 Å². The van der Waals surface area contributed by atoms with Crippen LogP contribution in [-0.4, -0.2) is 30.2 Å². The molecule has 1 aliphatic heterocycles. The third-order valence-corrected chi connectivity index (χ3v) is 6.01. The molecule has 0 bridgehead atoms. The summed E-state index contributed by atoms with van der Waals surface area (Å²) in [7, 11) is 0. The van der Waals surface area contributed by atoms with Gasteiger partial charge < -0.3 is 5.41 Å². The van der Waals surface area contributed by atoms with Gasteiger partial charge in [-0.3, -0.25) is 4.90 Å². The number of benzene rings is 1. The summed E-state index contributed by atoms with van der Waals surface area (Å²) in [6.07, 6.45) is -2.06. The van der Waals surface area contributed by atoms with Crippen LogP contribution in [0.2, 0.25) is 0 Å². The molecule has 2 aliphatic rings. The Morgan fingerprint density at radius 2 is 1.87 bits per heavy atom. The largest absolute Gasteiger partial charge is 0.416 e. The molecule has 1 aromatic carbocycles. The second-order valence-electron chi connectivity index (χ2n) is 7.64. The lowest BCUT2D eigenvalue weighted by Gasteiger charge is -2.48. The Hall–Kier alpha value is -3.15. The van der Waals surface area contributed by atoms with Crippen molar-refractivity contribution in [1.29, 1.82) is 21.2 Å². The van der Waals surface area contributed by atoms with Crippen molar-refractivity contribution in [3.8, 4) is 18.2 Å². The van der Waals surface area contributed by atoms with Crippen LogP contribution >= 0.6 is 0 Å². The molecule has 30 heavy (non-hydrogen) atoms. The van der Waals surface area contributed by atoms with E-state index in [1.807, 2.05) is 30.0 Å². The summed E-state index contributed by atoms with van der Waals surface area (Å²) in [4.78, 5) is 2.04. The molecule has 1 saturated carbocycles. The standard InChI is InChI=1S/C22H20F3N5/c1-2-8-30-9-7-14-16(10-26)20(29)21(12-27,13-28)19(17(14)11-30)15-5-3-4-6-18(15)22(23,24)25/h3-7,16-17,19,29H,2,8-9,11H2,1H3/t16?,17-,19+/m0/s1. The Morgan fingerprint density at radius 3 is 2.43 bits per heavy atom. The number of nitrogens with zero attached hydrogens (tertiary/aromatic N) is 4. The van der Waals surface area contributed by atoms with Crippen LogP contribution < -0.4 is 0 Å². The normalized spacial score (nSPS) is 26.0. The highest BCUT2D eigenvalue weighted by Gasteiger charge is 2.59. The van der Waals surface area contributed by atoms with Gasteiger partial charge in [0.1, 0.15) is 5.92 Å². The van der Waals surface area contributed by atoms with Crippen LogP contribution in [0.1, 0.15) is 30.4 Å². The maximum atomic E-state index is 13.8. The summed E-state index contributed by atoms with van der Waals surface area (Å²) in [5, 5.41) is 38.1. The first-order valence-electron chi connectivity index (χ1n) is 9.64. The lowest BCUT2D eigenvalue weighted by Crippen LogP contribution is -2.53. The zero-order valence-electron chi connectivity index (χ0n) is 16.4. The van der Waals surface area contributed by atoms with Gasteiger partial charge >= 0.3 is 6.18 Å². The molecule has 1 unspecified atom stereocenters. The van der Waals surface area contributed by atoms with Crippen molar-refractivity contribution in [3.63, 3.8) is 0 Å². The Balaban J connectivity index is 2.30. The molecule has 1 fully saturated rings. The minimum Gasteiger partial charge on any atom is -0.305 e. The molecule has 1 N–H and O–H groups in total. The molecule has 3 rings (SSSR count). The van der Waals surface area contributed by atoms with E-state index in [0.717, 1.165) is 12.5 Å². The van der Waals surface area contributed by atoms with Gasteiger partial charge in [0.15, 0.2) is 5.41 Å². The van der Waals surface area contributed by atoms with Gasteiger partial charge in [-0.15, -0.1) is 0 Å². The van der Waals surface area contributed by atoms with Crippen LogP contribution in [0.4, 0.5) is 13.2 Å². The average Bonchev–Trinajstić information content (AvgIpc) is 2.73. The van der Waals surface area contributed by atoms with Crippen molar-refractivity contribution in [2.75, 3.05) is 19.6 Å². The van der Waals surface area contributed by atoms with Gasteiger partial charge in [0, 0.05) is 24.9 Å². The Morgan fingerprint density at radius 1 is 1.20 bits per heavy atom. The van der Waals surface area contributed by atoms with Gasteiger partial charge in [-0.1, -0.05) is 31.2 Å². The van der Waals surface area contributed by atoms with Gasteiger partial charge in [-0.05, 0) is 30.2 Å². The van der Waals surface area contributed by atoms with Crippen molar-refractivity contribution in [2.24, 2.45) is 17.3 Å². The number of halogens is 3. The highest BCUT2D eigenvalue weighted by Crippen LogP contribution is 2.55. The Bertz CT molecular complexity index is 991. The van der Waals surface area contributed by atoms with Crippen molar-refractivity contribution in [2.45, 2.75) is 25.4 Å². The van der Waals surface area contributed by atoms with Gasteiger partial charge in [0.05, 0.1) is 29.5 Å². The lowest BCUT2D eigenvalue weighted by atomic mass is 9.54. The second kappa shape index (κ2) is 7.94. The molecule has 0 saturated heterocycles. The summed E-state index contributed by atoms with van der Waals surface area (Å²) in [5.41, 5.74) is -3.15. The van der Waals surface area contributed by atoms with Crippen LogP contribution in [0.15, 0.2) is 35.9 Å². The summed E-state index contributed by atoms with van der Waals surface area (Å²) in [5.74, 6) is -2.94. The molecule has 8 heteroatoms. The topological polar surface area (TPSA) is 98.5 Å². The van der Waals surface area contributed by atoms with Crippen LogP contribution in [0.5, 0.6) is 0 Å². The fourth-order valence-electron chi connectivity index (χ4n) is 4.74.